The Hall–Kier alpha value is -4.50. The van der Waals surface area contributed by atoms with E-state index in [0.717, 1.165) is 15.8 Å². The second-order valence-electron chi connectivity index (χ2n) is 7.70. The Kier molecular flexibility index (Phi) is 5.99. The summed E-state index contributed by atoms with van der Waals surface area (Å²) >= 11 is 1.41. The van der Waals surface area contributed by atoms with Crippen molar-refractivity contribution in [2.24, 2.45) is 5.10 Å². The van der Waals surface area contributed by atoms with Gasteiger partial charge in [-0.25, -0.2) is 10.4 Å². The molecule has 0 fully saturated rings. The highest BCUT2D eigenvalue weighted by Gasteiger charge is 2.21. The van der Waals surface area contributed by atoms with E-state index in [-0.39, 0.29) is 11.5 Å². The van der Waals surface area contributed by atoms with E-state index in [2.05, 4.69) is 20.6 Å². The number of aromatic nitrogens is 3. The van der Waals surface area contributed by atoms with Crippen molar-refractivity contribution < 1.29 is 9.53 Å². The Bertz CT molecular complexity index is 1560. The van der Waals surface area contributed by atoms with E-state index in [9.17, 15) is 9.59 Å². The number of ether oxygens (including phenoxy) is 1. The number of para-hydroxylation sites is 1. The third-order valence-corrected chi connectivity index (χ3v) is 6.49. The largest absolute Gasteiger partial charge is 0.497 e. The molecule has 0 aliphatic rings. The van der Waals surface area contributed by atoms with Gasteiger partial charge in [-0.15, -0.1) is 0 Å². The Morgan fingerprint density at radius 3 is 2.46 bits per heavy atom. The number of carbonyl (C=O) groups is 1. The van der Waals surface area contributed by atoms with Gasteiger partial charge < -0.3 is 4.74 Å². The van der Waals surface area contributed by atoms with Crippen molar-refractivity contribution in [3.63, 3.8) is 0 Å². The number of thiazole rings is 1. The lowest BCUT2D eigenvalue weighted by Gasteiger charge is -2.05. The van der Waals surface area contributed by atoms with Crippen LogP contribution in [0, 0.1) is 0 Å². The smallest absolute Gasteiger partial charge is 0.283 e. The Balaban J connectivity index is 1.60. The van der Waals surface area contributed by atoms with Gasteiger partial charge in [-0.1, -0.05) is 41.7 Å². The van der Waals surface area contributed by atoms with Gasteiger partial charge in [-0.3, -0.25) is 14.7 Å². The maximum absolute atomic E-state index is 13.6. The molecule has 2 heterocycles. The fraction of sp³-hybridized carbons (Fsp3) is 0.0769. The van der Waals surface area contributed by atoms with Crippen LogP contribution in [-0.4, -0.2) is 33.5 Å². The van der Waals surface area contributed by atoms with E-state index in [1.165, 1.54) is 16.0 Å². The summed E-state index contributed by atoms with van der Waals surface area (Å²) in [6, 6.07) is 23.8. The van der Waals surface area contributed by atoms with Crippen molar-refractivity contribution in [3.05, 3.63) is 100 Å². The van der Waals surface area contributed by atoms with Gasteiger partial charge in [0, 0.05) is 11.1 Å². The van der Waals surface area contributed by atoms with Crippen LogP contribution in [0.5, 0.6) is 5.75 Å². The number of nitrogens with zero attached hydrogens (tertiary/aromatic N) is 3. The minimum atomic E-state index is -0.363. The molecule has 0 saturated heterocycles. The predicted octanol–water partition coefficient (Wildman–Crippen LogP) is 4.60. The summed E-state index contributed by atoms with van der Waals surface area (Å²) in [6.45, 7) is 1.69. The minimum Gasteiger partial charge on any atom is -0.497 e. The molecule has 5 rings (SSSR count). The summed E-state index contributed by atoms with van der Waals surface area (Å²) in [4.78, 5) is 30.7. The molecule has 2 aromatic heterocycles. The zero-order valence-corrected chi connectivity index (χ0v) is 19.8. The molecule has 8 nitrogen and oxygen atoms in total. The fourth-order valence-corrected chi connectivity index (χ4v) is 4.60. The standard InChI is InChI=1S/C26H21N5O3S/c1-16(28-29-24(32)18-8-4-3-5-9-18)22-23(17-12-14-19(34-2)15-13-17)30-31(25(22)33)26-27-20-10-6-7-11-21(20)35-26/h3-15,30H,1-2H3,(H,29,32). The highest BCUT2D eigenvalue weighted by molar-refractivity contribution is 7.20. The first-order chi connectivity index (χ1) is 17.0. The number of nitrogens with one attached hydrogen (secondary N) is 2. The van der Waals surface area contributed by atoms with Gasteiger partial charge in [0.1, 0.15) is 5.75 Å². The van der Waals surface area contributed by atoms with E-state index in [0.29, 0.717) is 33.4 Å². The molecule has 2 N–H and O–H groups in total. The Morgan fingerprint density at radius 1 is 1.03 bits per heavy atom. The highest BCUT2D eigenvalue weighted by Crippen LogP contribution is 2.27. The van der Waals surface area contributed by atoms with Gasteiger partial charge in [-0.2, -0.15) is 9.78 Å². The molecule has 0 saturated carbocycles. The first-order valence-electron chi connectivity index (χ1n) is 10.8. The molecule has 0 bridgehead atoms. The second kappa shape index (κ2) is 9.40. The Morgan fingerprint density at radius 2 is 1.74 bits per heavy atom. The summed E-state index contributed by atoms with van der Waals surface area (Å²) in [6.07, 6.45) is 0. The monoisotopic (exact) mass is 483 g/mol. The van der Waals surface area contributed by atoms with E-state index in [1.807, 2.05) is 54.6 Å². The maximum Gasteiger partial charge on any atom is 0.283 e. The normalized spacial score (nSPS) is 11.5. The number of amides is 1. The van der Waals surface area contributed by atoms with Crippen molar-refractivity contribution in [3.8, 4) is 22.1 Å². The van der Waals surface area contributed by atoms with Gasteiger partial charge in [-0.05, 0) is 55.5 Å². The van der Waals surface area contributed by atoms with Crippen molar-refractivity contribution in [1.82, 2.24) is 20.2 Å². The molecule has 0 unspecified atom stereocenters. The van der Waals surface area contributed by atoms with E-state index in [4.69, 9.17) is 4.74 Å². The number of carbonyl (C=O) groups excluding carboxylic acids is 1. The molecule has 0 aliphatic heterocycles. The molecule has 0 atom stereocenters. The number of aromatic amines is 1. The van der Waals surface area contributed by atoms with Gasteiger partial charge in [0.25, 0.3) is 11.5 Å². The highest BCUT2D eigenvalue weighted by atomic mass is 32.1. The molecule has 0 aliphatic carbocycles. The van der Waals surface area contributed by atoms with Crippen molar-refractivity contribution >= 4 is 33.2 Å². The fourth-order valence-electron chi connectivity index (χ4n) is 3.67. The molecule has 0 radical (unpaired) electrons. The second-order valence-corrected chi connectivity index (χ2v) is 8.71. The van der Waals surface area contributed by atoms with Crippen LogP contribution in [0.4, 0.5) is 0 Å². The molecular formula is C26H21N5O3S. The zero-order chi connectivity index (χ0) is 24.4. The summed E-state index contributed by atoms with van der Waals surface area (Å²) < 4.78 is 7.65. The number of rotatable bonds is 6. The number of hydrazone groups is 1. The lowest BCUT2D eigenvalue weighted by atomic mass is 10.1. The average molecular weight is 484 g/mol. The van der Waals surface area contributed by atoms with E-state index in [1.54, 1.807) is 38.3 Å². The molecule has 5 aromatic rings. The molecule has 174 valence electrons. The summed E-state index contributed by atoms with van der Waals surface area (Å²) in [5, 5.41) is 7.95. The van der Waals surface area contributed by atoms with Crippen LogP contribution >= 0.6 is 11.3 Å². The zero-order valence-electron chi connectivity index (χ0n) is 19.0. The number of fused-ring (bicyclic) bond motifs is 1. The van der Waals surface area contributed by atoms with Crippen LogP contribution in [0.3, 0.4) is 0 Å². The lowest BCUT2D eigenvalue weighted by Crippen LogP contribution is -2.23. The summed E-state index contributed by atoms with van der Waals surface area (Å²) in [5.74, 6) is 0.335. The summed E-state index contributed by atoms with van der Waals surface area (Å²) in [5.41, 5.74) is 5.54. The number of methoxy groups -OCH3 is 1. The third kappa shape index (κ3) is 4.36. The van der Waals surface area contributed by atoms with Crippen molar-refractivity contribution in [1.29, 1.82) is 0 Å². The summed E-state index contributed by atoms with van der Waals surface area (Å²) in [7, 11) is 1.60. The molecule has 3 aromatic carbocycles. The van der Waals surface area contributed by atoms with Gasteiger partial charge in [0.2, 0.25) is 5.13 Å². The minimum absolute atomic E-state index is 0.315. The molecular weight excluding hydrogens is 462 g/mol. The predicted molar refractivity (Wildman–Crippen MR) is 138 cm³/mol. The number of H-pyrrole nitrogens is 1. The van der Waals surface area contributed by atoms with Crippen LogP contribution in [0.25, 0.3) is 26.6 Å². The topological polar surface area (TPSA) is 101 Å². The SMILES string of the molecule is COc1ccc(-c2[nH]n(-c3nc4ccccc4s3)c(=O)c2C(C)=NNC(=O)c2ccccc2)cc1. The van der Waals surface area contributed by atoms with Crippen LogP contribution < -0.4 is 15.7 Å². The third-order valence-electron chi connectivity index (χ3n) is 5.47. The number of benzene rings is 3. The van der Waals surface area contributed by atoms with Crippen LogP contribution in [0.1, 0.15) is 22.8 Å². The van der Waals surface area contributed by atoms with E-state index < -0.39 is 0 Å². The Labute approximate surface area is 204 Å². The van der Waals surface area contributed by atoms with Crippen LogP contribution in [-0.2, 0) is 0 Å². The number of hydrogen-bond donors (Lipinski definition) is 2. The first kappa shape index (κ1) is 22.3. The molecule has 9 heteroatoms. The molecule has 1 amide bonds. The van der Waals surface area contributed by atoms with Crippen molar-refractivity contribution in [2.75, 3.05) is 7.11 Å². The quantitative estimate of drug-likeness (QED) is 0.272. The van der Waals surface area contributed by atoms with Gasteiger partial charge in [0.05, 0.1) is 34.3 Å². The maximum atomic E-state index is 13.6. The van der Waals surface area contributed by atoms with Crippen LogP contribution in [0.2, 0.25) is 0 Å². The average Bonchev–Trinajstić information content (AvgIpc) is 3.48. The van der Waals surface area contributed by atoms with Gasteiger partial charge in [0.15, 0.2) is 0 Å². The van der Waals surface area contributed by atoms with E-state index >= 15 is 0 Å². The molecule has 0 spiro atoms. The van der Waals surface area contributed by atoms with Gasteiger partial charge >= 0.3 is 0 Å². The first-order valence-corrected chi connectivity index (χ1v) is 11.6. The lowest BCUT2D eigenvalue weighted by molar-refractivity contribution is 0.0955. The van der Waals surface area contributed by atoms with Crippen molar-refractivity contribution in [2.45, 2.75) is 6.92 Å². The number of hydrogen-bond acceptors (Lipinski definition) is 6. The molecule has 35 heavy (non-hydrogen) atoms. The van der Waals surface area contributed by atoms with Crippen LogP contribution in [0.15, 0.2) is 88.8 Å².